The molecule has 0 unspecified atom stereocenters. The van der Waals surface area contributed by atoms with Gasteiger partial charge in [0.2, 0.25) is 0 Å². The first kappa shape index (κ1) is 20.3. The number of hydrogen-bond donors (Lipinski definition) is 1. The van der Waals surface area contributed by atoms with Crippen LogP contribution in [0.4, 0.5) is 4.39 Å². The molecule has 2 aliphatic rings. The van der Waals surface area contributed by atoms with Gasteiger partial charge in [0.15, 0.2) is 0 Å². The van der Waals surface area contributed by atoms with Crippen molar-refractivity contribution in [1.82, 2.24) is 4.90 Å². The van der Waals surface area contributed by atoms with Gasteiger partial charge in [0.1, 0.15) is 17.4 Å². The molecule has 0 spiro atoms. The molecule has 2 aromatic carbocycles. The number of fused-ring (bicyclic) bond motifs is 1. The Morgan fingerprint density at radius 2 is 2.00 bits per heavy atom. The molecule has 0 aliphatic carbocycles. The molecule has 1 atom stereocenters. The molecule has 4 rings (SSSR count). The van der Waals surface area contributed by atoms with Crippen LogP contribution in [0.3, 0.4) is 0 Å². The Morgan fingerprint density at radius 3 is 2.77 bits per heavy atom. The second kappa shape index (κ2) is 8.06. The van der Waals surface area contributed by atoms with E-state index in [0.29, 0.717) is 42.1 Å². The van der Waals surface area contributed by atoms with Gasteiger partial charge in [-0.15, -0.1) is 4.40 Å². The van der Waals surface area contributed by atoms with Crippen LogP contribution in [0.5, 0.6) is 5.75 Å². The Hall–Kier alpha value is -2.94. The molecule has 158 valence electrons. The van der Waals surface area contributed by atoms with E-state index in [1.54, 1.807) is 23.1 Å². The normalized spacial score (nSPS) is 20.2. The van der Waals surface area contributed by atoms with E-state index in [1.807, 2.05) is 0 Å². The van der Waals surface area contributed by atoms with E-state index >= 15 is 0 Å². The third-order valence-electron chi connectivity index (χ3n) is 5.32. The topological polar surface area (TPSA) is 102 Å². The van der Waals surface area contributed by atoms with E-state index in [9.17, 15) is 17.6 Å². The Morgan fingerprint density at radius 1 is 1.23 bits per heavy atom. The second-order valence-electron chi connectivity index (χ2n) is 7.57. The molecule has 2 aromatic rings. The minimum atomic E-state index is -3.60. The van der Waals surface area contributed by atoms with Crippen LogP contribution in [0.2, 0.25) is 0 Å². The van der Waals surface area contributed by atoms with Crippen molar-refractivity contribution in [3.05, 3.63) is 65.0 Å². The van der Waals surface area contributed by atoms with Gasteiger partial charge in [-0.2, -0.15) is 0 Å². The van der Waals surface area contributed by atoms with Crippen LogP contribution in [-0.2, 0) is 15.8 Å². The average Bonchev–Trinajstić information content (AvgIpc) is 2.71. The number of halogens is 1. The Balaban J connectivity index is 1.44. The lowest BCUT2D eigenvalue weighted by Crippen LogP contribution is -2.41. The van der Waals surface area contributed by atoms with Crippen molar-refractivity contribution in [1.29, 1.82) is 0 Å². The number of carbonyl (C=O) groups is 1. The van der Waals surface area contributed by atoms with E-state index in [1.165, 1.54) is 24.3 Å². The first-order valence-corrected chi connectivity index (χ1v) is 11.3. The van der Waals surface area contributed by atoms with Crippen molar-refractivity contribution in [2.24, 2.45) is 16.0 Å². The van der Waals surface area contributed by atoms with Gasteiger partial charge in [-0.05, 0) is 48.7 Å². The number of amides is 1. The first-order valence-electron chi connectivity index (χ1n) is 9.70. The predicted octanol–water partition coefficient (Wildman–Crippen LogP) is 2.31. The molecule has 9 heteroatoms. The van der Waals surface area contributed by atoms with Crippen LogP contribution in [0, 0.1) is 11.7 Å². The number of nitrogens with two attached hydrogens (primary N) is 1. The van der Waals surface area contributed by atoms with E-state index in [0.717, 1.165) is 12.8 Å². The SMILES string of the molecule is NC1=NS(=O)(=O)Cc2cccc(OC[C@H]3CCCN(C(=O)c4ccc(F)cc4)C3)c21. The number of piperidine rings is 1. The smallest absolute Gasteiger partial charge is 0.259 e. The van der Waals surface area contributed by atoms with Gasteiger partial charge >= 0.3 is 0 Å². The summed E-state index contributed by atoms with van der Waals surface area (Å²) in [4.78, 5) is 14.5. The highest BCUT2D eigenvalue weighted by atomic mass is 32.2. The lowest BCUT2D eigenvalue weighted by Gasteiger charge is -2.33. The van der Waals surface area contributed by atoms with Crippen molar-refractivity contribution >= 4 is 21.8 Å². The summed E-state index contributed by atoms with van der Waals surface area (Å²) in [6.45, 7) is 1.54. The average molecular weight is 431 g/mol. The van der Waals surface area contributed by atoms with Gasteiger partial charge < -0.3 is 15.4 Å². The summed E-state index contributed by atoms with van der Waals surface area (Å²) in [5.74, 6) is -0.167. The molecule has 0 radical (unpaired) electrons. The van der Waals surface area contributed by atoms with Crippen LogP contribution in [0.1, 0.15) is 34.3 Å². The summed E-state index contributed by atoms with van der Waals surface area (Å²) >= 11 is 0. The van der Waals surface area contributed by atoms with Crippen LogP contribution in [0.25, 0.3) is 0 Å². The fourth-order valence-corrected chi connectivity index (χ4v) is 4.99. The second-order valence-corrected chi connectivity index (χ2v) is 9.21. The molecule has 2 aliphatic heterocycles. The van der Waals surface area contributed by atoms with E-state index in [-0.39, 0.29) is 29.2 Å². The third kappa shape index (κ3) is 4.30. The molecule has 1 amide bonds. The number of hydrogen-bond acceptors (Lipinski definition) is 5. The van der Waals surface area contributed by atoms with Gasteiger partial charge in [0.05, 0.1) is 17.9 Å². The minimum Gasteiger partial charge on any atom is -0.492 e. The number of likely N-dealkylation sites (tertiary alicyclic amines) is 1. The summed E-state index contributed by atoms with van der Waals surface area (Å²) in [5, 5.41) is 0. The summed E-state index contributed by atoms with van der Waals surface area (Å²) in [6.07, 6.45) is 1.75. The molecular formula is C21H22FN3O4S. The van der Waals surface area contributed by atoms with Crippen molar-refractivity contribution in [2.75, 3.05) is 19.7 Å². The van der Waals surface area contributed by atoms with E-state index < -0.39 is 10.0 Å². The lowest BCUT2D eigenvalue weighted by molar-refractivity contribution is 0.0633. The Labute approximate surface area is 174 Å². The third-order valence-corrected chi connectivity index (χ3v) is 6.47. The molecule has 1 fully saturated rings. The van der Waals surface area contributed by atoms with Crippen LogP contribution < -0.4 is 10.5 Å². The standard InChI is InChI=1S/C21H22FN3O4S/c22-17-8-6-15(7-9-17)21(26)25-10-2-3-14(11-25)12-29-18-5-1-4-16-13-30(27,28)24-20(23)19(16)18/h1,4-9,14H,2-3,10-13H2,(H2,23,24)/t14-/m0/s1. The number of rotatable bonds is 4. The first-order chi connectivity index (χ1) is 14.3. The molecule has 30 heavy (non-hydrogen) atoms. The number of carbonyl (C=O) groups excluding carboxylic acids is 1. The van der Waals surface area contributed by atoms with Crippen LogP contribution in [0.15, 0.2) is 46.9 Å². The molecular weight excluding hydrogens is 409 g/mol. The molecule has 0 saturated carbocycles. The zero-order valence-corrected chi connectivity index (χ0v) is 17.1. The van der Waals surface area contributed by atoms with Gasteiger partial charge in [0, 0.05) is 24.6 Å². The number of nitrogens with zero attached hydrogens (tertiary/aromatic N) is 2. The van der Waals surface area contributed by atoms with Crippen LogP contribution in [-0.4, -0.2) is 44.8 Å². The summed E-state index contributed by atoms with van der Waals surface area (Å²) < 4.78 is 46.3. The monoisotopic (exact) mass is 431 g/mol. The number of ether oxygens (including phenoxy) is 1. The summed E-state index contributed by atoms with van der Waals surface area (Å²) in [5.41, 5.74) is 7.42. The zero-order chi connectivity index (χ0) is 21.3. The van der Waals surface area contributed by atoms with Gasteiger partial charge in [-0.25, -0.2) is 12.8 Å². The molecule has 2 heterocycles. The highest BCUT2D eigenvalue weighted by Crippen LogP contribution is 2.29. The fourth-order valence-electron chi connectivity index (χ4n) is 3.90. The quantitative estimate of drug-likeness (QED) is 0.800. The maximum absolute atomic E-state index is 13.1. The zero-order valence-electron chi connectivity index (χ0n) is 16.3. The van der Waals surface area contributed by atoms with Crippen LogP contribution >= 0.6 is 0 Å². The Kier molecular flexibility index (Phi) is 5.46. The predicted molar refractivity (Wildman–Crippen MR) is 110 cm³/mol. The molecule has 2 N–H and O–H groups in total. The molecule has 0 aromatic heterocycles. The maximum Gasteiger partial charge on any atom is 0.259 e. The van der Waals surface area contributed by atoms with Crippen molar-refractivity contribution < 1.29 is 22.3 Å². The van der Waals surface area contributed by atoms with E-state index in [2.05, 4.69) is 4.40 Å². The fraction of sp³-hybridized carbons (Fsp3) is 0.333. The number of sulfonamides is 1. The highest BCUT2D eigenvalue weighted by molar-refractivity contribution is 7.89. The highest BCUT2D eigenvalue weighted by Gasteiger charge is 2.27. The molecule has 1 saturated heterocycles. The van der Waals surface area contributed by atoms with Gasteiger partial charge in [0.25, 0.3) is 15.9 Å². The summed E-state index contributed by atoms with van der Waals surface area (Å²) in [6, 6.07) is 10.7. The molecule has 0 bridgehead atoms. The van der Waals surface area contributed by atoms with Crippen molar-refractivity contribution in [2.45, 2.75) is 18.6 Å². The van der Waals surface area contributed by atoms with Crippen molar-refractivity contribution in [3.8, 4) is 5.75 Å². The number of benzene rings is 2. The largest absolute Gasteiger partial charge is 0.492 e. The van der Waals surface area contributed by atoms with Gasteiger partial charge in [-0.1, -0.05) is 12.1 Å². The van der Waals surface area contributed by atoms with Gasteiger partial charge in [-0.3, -0.25) is 4.79 Å². The maximum atomic E-state index is 13.1. The molecule has 7 nitrogen and oxygen atoms in total. The number of amidine groups is 1. The lowest BCUT2D eigenvalue weighted by atomic mass is 9.98. The summed E-state index contributed by atoms with van der Waals surface area (Å²) in [7, 11) is -3.60. The van der Waals surface area contributed by atoms with E-state index in [4.69, 9.17) is 10.5 Å². The minimum absolute atomic E-state index is 0.0661. The Bertz CT molecular complexity index is 1100. The van der Waals surface area contributed by atoms with Crippen molar-refractivity contribution in [3.63, 3.8) is 0 Å².